The van der Waals surface area contributed by atoms with Crippen LogP contribution in [0.2, 0.25) is 0 Å². The molecule has 0 amide bonds. The van der Waals surface area contributed by atoms with Gasteiger partial charge in [-0.05, 0) is 0 Å². The molecular weight excluding hydrogens is 253 g/mol. The Morgan fingerprint density at radius 1 is 1.22 bits per heavy atom. The maximum atomic E-state index is 12.8. The van der Waals surface area contributed by atoms with Gasteiger partial charge in [0.05, 0.1) is 0 Å². The van der Waals surface area contributed by atoms with Crippen molar-refractivity contribution in [2.24, 2.45) is 11.7 Å². The van der Waals surface area contributed by atoms with E-state index in [1.165, 1.54) is 18.2 Å². The van der Waals surface area contributed by atoms with Crippen LogP contribution >= 0.6 is 0 Å². The lowest BCUT2D eigenvalue weighted by Crippen LogP contribution is -2.50. The summed E-state index contributed by atoms with van der Waals surface area (Å²) in [5, 5.41) is 8.77. The van der Waals surface area contributed by atoms with E-state index in [0.29, 0.717) is 7.11 Å². The lowest BCUT2D eigenvalue weighted by molar-refractivity contribution is -0.273. The molecule has 5 nitrogen and oxygen atoms in total. The van der Waals surface area contributed by atoms with Crippen molar-refractivity contribution < 1.29 is 27.8 Å². The highest BCUT2D eigenvalue weighted by atomic mass is 19.4. The van der Waals surface area contributed by atoms with Crippen LogP contribution < -0.4 is 11.7 Å². The number of hydrazine groups is 1. The van der Waals surface area contributed by atoms with Gasteiger partial charge in [0, 0.05) is 12.7 Å². The van der Waals surface area contributed by atoms with Crippen molar-refractivity contribution in [3.05, 3.63) is 35.9 Å². The number of benzene rings is 1. The lowest BCUT2D eigenvalue weighted by atomic mass is 9.93. The zero-order valence-electron chi connectivity index (χ0n) is 9.44. The third-order valence-corrected chi connectivity index (χ3v) is 2.19. The molecule has 0 radical (unpaired) electrons. The molecule has 1 aromatic rings. The number of methoxy groups -OCH3 is 1. The summed E-state index contributed by atoms with van der Waals surface area (Å²) in [4.78, 5) is 10.9. The number of ether oxygens (including phenoxy) is 1. The number of halogens is 3. The summed E-state index contributed by atoms with van der Waals surface area (Å²) in [5.74, 6) is 5.91. The summed E-state index contributed by atoms with van der Waals surface area (Å²) in [5.41, 5.74) is -3.77. The normalized spacial score (nSPS) is 14.1. The second-order valence-corrected chi connectivity index (χ2v) is 3.05. The first kappa shape index (κ1) is 16.4. The number of carboxylic acid groups (broad SMARTS) is 1. The second kappa shape index (κ2) is 6.34. The largest absolute Gasteiger partial charge is 0.479 e. The van der Waals surface area contributed by atoms with Crippen molar-refractivity contribution in [1.82, 2.24) is 0 Å². The molecule has 0 aliphatic rings. The zero-order valence-corrected chi connectivity index (χ0v) is 9.44. The van der Waals surface area contributed by atoms with Gasteiger partial charge >= 0.3 is 12.1 Å². The molecule has 1 unspecified atom stereocenters. The Morgan fingerprint density at radius 3 is 1.94 bits per heavy atom. The fourth-order valence-corrected chi connectivity index (χ4v) is 1.40. The van der Waals surface area contributed by atoms with E-state index in [1.54, 1.807) is 0 Å². The number of carboxylic acids is 1. The Balaban J connectivity index is 0.00000137. The van der Waals surface area contributed by atoms with Gasteiger partial charge in [-0.25, -0.2) is 4.79 Å². The molecule has 0 aliphatic carbocycles. The molecule has 0 bridgehead atoms. The average molecular weight is 266 g/mol. The van der Waals surface area contributed by atoms with E-state index in [2.05, 4.69) is 16.4 Å². The van der Waals surface area contributed by atoms with E-state index in [1.807, 2.05) is 0 Å². The Kier molecular flexibility index (Phi) is 5.76. The molecular formula is C10H13F3N2O3. The maximum Gasteiger partial charge on any atom is 0.432 e. The molecule has 0 saturated heterocycles. The Labute approximate surface area is 101 Å². The van der Waals surface area contributed by atoms with Gasteiger partial charge in [-0.3, -0.25) is 11.7 Å². The Hall–Kier alpha value is -1.64. The highest BCUT2D eigenvalue weighted by Crippen LogP contribution is 2.41. The molecule has 1 aromatic carbocycles. The van der Waals surface area contributed by atoms with Crippen LogP contribution in [0, 0.1) is 0 Å². The first-order valence-electron chi connectivity index (χ1n) is 4.60. The smallest absolute Gasteiger partial charge is 0.432 e. The van der Waals surface area contributed by atoms with Crippen LogP contribution in [-0.2, 0) is 15.1 Å². The minimum absolute atomic E-state index is 0.461. The number of carbonyl (C=O) groups is 1. The number of nitrogens with two attached hydrogens (primary N) is 2. The number of aliphatic carboxylic acids is 1. The standard InChI is InChI=1S/C10H9F3O3.H4N2/c1-16-9(8(14)15,10(11,12)13)7-5-3-2-4-6-7;1-2/h2-6H,1H3,(H,14,15);1-2H2. The Morgan fingerprint density at radius 2 is 1.67 bits per heavy atom. The SMILES string of the molecule is COC(C(=O)O)(c1ccccc1)C(F)(F)F.NN. The summed E-state index contributed by atoms with van der Waals surface area (Å²) in [6, 6.07) is 6.24. The summed E-state index contributed by atoms with van der Waals surface area (Å²) < 4.78 is 42.6. The molecule has 0 fully saturated rings. The molecule has 8 heteroatoms. The van der Waals surface area contributed by atoms with Gasteiger partial charge in [0.2, 0.25) is 0 Å². The molecule has 0 spiro atoms. The maximum absolute atomic E-state index is 12.8. The quantitative estimate of drug-likeness (QED) is 0.560. The van der Waals surface area contributed by atoms with Crippen molar-refractivity contribution in [3.63, 3.8) is 0 Å². The molecule has 102 valence electrons. The van der Waals surface area contributed by atoms with Crippen LogP contribution in [0.3, 0.4) is 0 Å². The molecule has 0 aliphatic heterocycles. The van der Waals surface area contributed by atoms with Crippen molar-refractivity contribution in [1.29, 1.82) is 0 Å². The summed E-state index contributed by atoms with van der Waals surface area (Å²) in [6.45, 7) is 0. The van der Waals surface area contributed by atoms with E-state index in [9.17, 15) is 18.0 Å². The molecule has 1 atom stereocenters. The van der Waals surface area contributed by atoms with Gasteiger partial charge in [-0.2, -0.15) is 13.2 Å². The first-order valence-corrected chi connectivity index (χ1v) is 4.60. The van der Waals surface area contributed by atoms with E-state index in [-0.39, 0.29) is 0 Å². The average Bonchev–Trinajstić information content (AvgIpc) is 2.32. The number of hydrogen-bond donors (Lipinski definition) is 3. The molecule has 0 saturated carbocycles. The highest BCUT2D eigenvalue weighted by molar-refractivity contribution is 5.80. The van der Waals surface area contributed by atoms with Crippen LogP contribution in [0.5, 0.6) is 0 Å². The van der Waals surface area contributed by atoms with Gasteiger partial charge in [0.1, 0.15) is 0 Å². The summed E-state index contributed by atoms with van der Waals surface area (Å²) >= 11 is 0. The predicted molar refractivity (Wildman–Crippen MR) is 57.2 cm³/mol. The third kappa shape index (κ3) is 2.78. The van der Waals surface area contributed by atoms with Crippen LogP contribution in [-0.4, -0.2) is 24.4 Å². The van der Waals surface area contributed by atoms with Gasteiger partial charge in [-0.15, -0.1) is 0 Å². The van der Waals surface area contributed by atoms with E-state index < -0.39 is 23.3 Å². The summed E-state index contributed by atoms with van der Waals surface area (Å²) in [6.07, 6.45) is -5.03. The zero-order chi connectivity index (χ0) is 14.4. The van der Waals surface area contributed by atoms with E-state index in [0.717, 1.165) is 12.1 Å². The number of rotatable bonds is 3. The van der Waals surface area contributed by atoms with Gasteiger partial charge in [0.25, 0.3) is 5.60 Å². The predicted octanol–water partition coefficient (Wildman–Crippen LogP) is 0.994. The van der Waals surface area contributed by atoms with Crippen molar-refractivity contribution >= 4 is 5.97 Å². The van der Waals surface area contributed by atoms with Gasteiger partial charge < -0.3 is 9.84 Å². The fraction of sp³-hybridized carbons (Fsp3) is 0.300. The molecule has 1 rings (SSSR count). The third-order valence-electron chi connectivity index (χ3n) is 2.19. The molecule has 0 aromatic heterocycles. The van der Waals surface area contributed by atoms with Crippen molar-refractivity contribution in [2.45, 2.75) is 11.8 Å². The van der Waals surface area contributed by atoms with Crippen LogP contribution in [0.15, 0.2) is 30.3 Å². The highest BCUT2D eigenvalue weighted by Gasteiger charge is 2.63. The topological polar surface area (TPSA) is 98.6 Å². The minimum Gasteiger partial charge on any atom is -0.479 e. The lowest BCUT2D eigenvalue weighted by Gasteiger charge is -2.30. The van der Waals surface area contributed by atoms with E-state index >= 15 is 0 Å². The summed E-state index contributed by atoms with van der Waals surface area (Å²) in [7, 11) is 0.717. The van der Waals surface area contributed by atoms with Crippen molar-refractivity contribution in [3.8, 4) is 0 Å². The van der Waals surface area contributed by atoms with Gasteiger partial charge in [-0.1, -0.05) is 30.3 Å². The number of hydrogen-bond acceptors (Lipinski definition) is 4. The van der Waals surface area contributed by atoms with Crippen LogP contribution in [0.1, 0.15) is 5.56 Å². The first-order chi connectivity index (χ1) is 8.36. The fourth-order valence-electron chi connectivity index (χ4n) is 1.40. The van der Waals surface area contributed by atoms with Crippen LogP contribution in [0.25, 0.3) is 0 Å². The van der Waals surface area contributed by atoms with E-state index in [4.69, 9.17) is 5.11 Å². The molecule has 5 N–H and O–H groups in total. The second-order valence-electron chi connectivity index (χ2n) is 3.05. The number of alkyl halides is 3. The van der Waals surface area contributed by atoms with Gasteiger partial charge in [0.15, 0.2) is 0 Å². The van der Waals surface area contributed by atoms with Crippen LogP contribution in [0.4, 0.5) is 13.2 Å². The monoisotopic (exact) mass is 266 g/mol. The molecule has 0 heterocycles. The Bertz CT molecular complexity index is 384. The minimum atomic E-state index is -5.03. The molecule has 18 heavy (non-hydrogen) atoms. The van der Waals surface area contributed by atoms with Crippen molar-refractivity contribution in [2.75, 3.05) is 7.11 Å².